The number of amides is 1. The number of anilines is 1. The van der Waals surface area contributed by atoms with Crippen molar-refractivity contribution in [3.63, 3.8) is 0 Å². The van der Waals surface area contributed by atoms with Crippen molar-refractivity contribution in [1.82, 2.24) is 9.55 Å². The van der Waals surface area contributed by atoms with E-state index in [2.05, 4.69) is 10.3 Å². The van der Waals surface area contributed by atoms with Gasteiger partial charge in [0.05, 0.1) is 16.0 Å². The number of hydrogen-bond acceptors (Lipinski definition) is 5. The fraction of sp³-hybridized carbons (Fsp3) is 0.286. The molecule has 30 heavy (non-hydrogen) atoms. The molecule has 4 rings (SSSR count). The second-order valence-electron chi connectivity index (χ2n) is 7.40. The van der Waals surface area contributed by atoms with E-state index in [0.29, 0.717) is 36.7 Å². The average Bonchev–Trinajstić information content (AvgIpc) is 3.10. The first-order valence-corrected chi connectivity index (χ1v) is 9.65. The van der Waals surface area contributed by atoms with Crippen LogP contribution in [0.15, 0.2) is 42.5 Å². The molecule has 0 spiro atoms. The number of rotatable bonds is 5. The highest BCUT2D eigenvalue weighted by Crippen LogP contribution is 2.36. The lowest BCUT2D eigenvalue weighted by Crippen LogP contribution is -2.22. The van der Waals surface area contributed by atoms with Crippen molar-refractivity contribution in [1.29, 1.82) is 0 Å². The van der Waals surface area contributed by atoms with Crippen LogP contribution in [-0.2, 0) is 4.79 Å². The van der Waals surface area contributed by atoms with Crippen LogP contribution >= 0.6 is 0 Å². The zero-order chi connectivity index (χ0) is 21.3. The molecule has 0 unspecified atom stereocenters. The molecule has 0 aliphatic heterocycles. The van der Waals surface area contributed by atoms with Crippen molar-refractivity contribution in [2.75, 3.05) is 5.32 Å². The van der Waals surface area contributed by atoms with E-state index >= 15 is 0 Å². The summed E-state index contributed by atoms with van der Waals surface area (Å²) in [6, 6.07) is 9.58. The Hall–Kier alpha value is -3.62. The summed E-state index contributed by atoms with van der Waals surface area (Å²) in [4.78, 5) is 38.7. The summed E-state index contributed by atoms with van der Waals surface area (Å²) in [7, 11) is 0. The Morgan fingerprint density at radius 1 is 1.20 bits per heavy atom. The van der Waals surface area contributed by atoms with Crippen LogP contribution in [0, 0.1) is 21.8 Å². The fourth-order valence-corrected chi connectivity index (χ4v) is 3.95. The van der Waals surface area contributed by atoms with E-state index in [9.17, 15) is 24.1 Å². The van der Waals surface area contributed by atoms with Gasteiger partial charge in [0.15, 0.2) is 0 Å². The molecule has 1 saturated carbocycles. The van der Waals surface area contributed by atoms with E-state index in [-0.39, 0.29) is 29.2 Å². The maximum Gasteiger partial charge on any atom is 0.270 e. The minimum atomic E-state index is -0.569. The number of nitrogens with zero attached hydrogens (tertiary/aromatic N) is 3. The molecule has 1 aromatic heterocycles. The number of benzene rings is 2. The molecular weight excluding hydrogens is 391 g/mol. The van der Waals surface area contributed by atoms with Gasteiger partial charge in [-0.25, -0.2) is 9.37 Å². The van der Waals surface area contributed by atoms with Crippen molar-refractivity contribution < 1.29 is 18.9 Å². The number of carbonyl (C=O) groups is 2. The fourth-order valence-electron chi connectivity index (χ4n) is 3.95. The first kappa shape index (κ1) is 19.7. The number of imidazole rings is 1. The second-order valence-corrected chi connectivity index (χ2v) is 7.40. The summed E-state index contributed by atoms with van der Waals surface area (Å²) in [6.45, 7) is 0. The number of non-ortho nitro benzene ring substituents is 1. The van der Waals surface area contributed by atoms with Gasteiger partial charge >= 0.3 is 0 Å². The Labute approximate surface area is 170 Å². The second kappa shape index (κ2) is 8.02. The van der Waals surface area contributed by atoms with Gasteiger partial charge in [-0.15, -0.1) is 0 Å². The van der Waals surface area contributed by atoms with E-state index in [4.69, 9.17) is 0 Å². The van der Waals surface area contributed by atoms with Crippen LogP contribution in [0.3, 0.4) is 0 Å². The largest absolute Gasteiger partial charge is 0.307 e. The molecule has 1 fully saturated rings. The van der Waals surface area contributed by atoms with Crippen LogP contribution in [-0.4, -0.2) is 26.7 Å². The quantitative estimate of drug-likeness (QED) is 0.384. The molecular formula is C21H19FN4O4. The van der Waals surface area contributed by atoms with Crippen molar-refractivity contribution in [2.45, 2.75) is 31.7 Å². The normalized spacial score (nSPS) is 18.8. The molecule has 1 N–H and O–H groups in total. The minimum Gasteiger partial charge on any atom is -0.307 e. The lowest BCUT2D eigenvalue weighted by atomic mass is 9.87. The van der Waals surface area contributed by atoms with Gasteiger partial charge in [-0.05, 0) is 49.9 Å². The van der Waals surface area contributed by atoms with Gasteiger partial charge in [0, 0.05) is 29.7 Å². The molecule has 0 atom stereocenters. The Morgan fingerprint density at radius 2 is 1.97 bits per heavy atom. The minimum absolute atomic E-state index is 0.00989. The standard InChI is InChI=1S/C21H19FN4O4/c22-15-6-9-18-19(11-15)25(16-7-4-13(12-27)5-8-16)21(23-18)24-20(28)14-2-1-3-17(10-14)26(29)30/h1-3,6,9-13,16H,4-5,7-8H2,(H,23,24,28). The smallest absolute Gasteiger partial charge is 0.270 e. The number of fused-ring (bicyclic) bond motifs is 1. The Morgan fingerprint density at radius 3 is 2.67 bits per heavy atom. The van der Waals surface area contributed by atoms with Crippen molar-refractivity contribution in [3.8, 4) is 0 Å². The molecule has 3 aromatic rings. The Balaban J connectivity index is 1.70. The number of carbonyl (C=O) groups excluding carboxylic acids is 2. The van der Waals surface area contributed by atoms with Crippen molar-refractivity contribution >= 4 is 34.9 Å². The van der Waals surface area contributed by atoms with Gasteiger partial charge in [0.1, 0.15) is 12.1 Å². The van der Waals surface area contributed by atoms with Gasteiger partial charge < -0.3 is 9.36 Å². The number of aromatic nitrogens is 2. The predicted molar refractivity (Wildman–Crippen MR) is 108 cm³/mol. The molecule has 1 heterocycles. The topological polar surface area (TPSA) is 107 Å². The zero-order valence-electron chi connectivity index (χ0n) is 16.0. The van der Waals surface area contributed by atoms with E-state index in [1.807, 2.05) is 0 Å². The summed E-state index contributed by atoms with van der Waals surface area (Å²) < 4.78 is 15.7. The van der Waals surface area contributed by atoms with Gasteiger partial charge in [0.2, 0.25) is 5.95 Å². The molecule has 154 valence electrons. The third-order valence-electron chi connectivity index (χ3n) is 5.49. The monoisotopic (exact) mass is 410 g/mol. The first-order chi connectivity index (χ1) is 14.5. The molecule has 0 radical (unpaired) electrons. The number of aldehydes is 1. The van der Waals surface area contributed by atoms with E-state index in [0.717, 1.165) is 6.29 Å². The Bertz CT molecular complexity index is 1140. The summed E-state index contributed by atoms with van der Waals surface area (Å²) in [5, 5.41) is 13.7. The summed E-state index contributed by atoms with van der Waals surface area (Å²) in [5.74, 6) is -0.698. The average molecular weight is 410 g/mol. The number of nitrogens with one attached hydrogen (secondary N) is 1. The van der Waals surface area contributed by atoms with Gasteiger partial charge in [-0.2, -0.15) is 0 Å². The molecule has 1 aliphatic rings. The highest BCUT2D eigenvalue weighted by molar-refractivity contribution is 6.04. The maximum absolute atomic E-state index is 13.9. The van der Waals surface area contributed by atoms with E-state index < -0.39 is 16.6 Å². The Kier molecular flexibility index (Phi) is 5.26. The number of nitro groups is 1. The van der Waals surface area contributed by atoms with Crippen LogP contribution in [0.25, 0.3) is 11.0 Å². The van der Waals surface area contributed by atoms with Crippen LogP contribution in [0.2, 0.25) is 0 Å². The van der Waals surface area contributed by atoms with Gasteiger partial charge in [-0.1, -0.05) is 6.07 Å². The molecule has 1 aliphatic carbocycles. The SMILES string of the molecule is O=CC1CCC(n2c(NC(=O)c3cccc([N+](=O)[O-])c3)nc3ccc(F)cc32)CC1. The molecule has 9 heteroatoms. The molecule has 2 aromatic carbocycles. The highest BCUT2D eigenvalue weighted by Gasteiger charge is 2.26. The third-order valence-corrected chi connectivity index (χ3v) is 5.49. The number of nitro benzene ring substituents is 1. The van der Waals surface area contributed by atoms with Crippen LogP contribution in [0.4, 0.5) is 16.0 Å². The van der Waals surface area contributed by atoms with E-state index in [1.165, 1.54) is 36.4 Å². The number of halogens is 1. The summed E-state index contributed by atoms with van der Waals surface area (Å²) in [6.07, 6.45) is 3.78. The predicted octanol–water partition coefficient (Wildman–Crippen LogP) is 4.27. The van der Waals surface area contributed by atoms with Gasteiger partial charge in [0.25, 0.3) is 11.6 Å². The van der Waals surface area contributed by atoms with E-state index in [1.54, 1.807) is 10.6 Å². The molecule has 0 bridgehead atoms. The lowest BCUT2D eigenvalue weighted by Gasteiger charge is -2.28. The summed E-state index contributed by atoms with van der Waals surface area (Å²) >= 11 is 0. The lowest BCUT2D eigenvalue weighted by molar-refractivity contribution is -0.384. The molecule has 1 amide bonds. The van der Waals surface area contributed by atoms with Gasteiger partial charge in [-0.3, -0.25) is 20.2 Å². The van der Waals surface area contributed by atoms with Crippen LogP contribution < -0.4 is 5.32 Å². The van der Waals surface area contributed by atoms with Crippen molar-refractivity contribution in [2.24, 2.45) is 5.92 Å². The number of hydrogen-bond donors (Lipinski definition) is 1. The first-order valence-electron chi connectivity index (χ1n) is 9.65. The van der Waals surface area contributed by atoms with Crippen molar-refractivity contribution in [3.05, 3.63) is 64.0 Å². The summed E-state index contributed by atoms with van der Waals surface area (Å²) in [5.41, 5.74) is 1.02. The van der Waals surface area contributed by atoms with Crippen LogP contribution in [0.1, 0.15) is 42.1 Å². The maximum atomic E-state index is 13.9. The van der Waals surface area contributed by atoms with Crippen LogP contribution in [0.5, 0.6) is 0 Å². The third kappa shape index (κ3) is 3.78. The highest BCUT2D eigenvalue weighted by atomic mass is 19.1. The molecule has 0 saturated heterocycles. The molecule has 8 nitrogen and oxygen atoms in total. The zero-order valence-corrected chi connectivity index (χ0v) is 16.0.